The maximum absolute atomic E-state index is 14.2. The molecule has 5 rings (SSSR count). The lowest BCUT2D eigenvalue weighted by atomic mass is 10.0. The average Bonchev–Trinajstić information content (AvgIpc) is 3.44. The van der Waals surface area contributed by atoms with Gasteiger partial charge in [-0.25, -0.2) is 4.39 Å². The van der Waals surface area contributed by atoms with Gasteiger partial charge in [0.15, 0.2) is 11.5 Å². The van der Waals surface area contributed by atoms with Crippen molar-refractivity contribution in [1.29, 1.82) is 0 Å². The van der Waals surface area contributed by atoms with Crippen molar-refractivity contribution in [3.63, 3.8) is 0 Å². The summed E-state index contributed by atoms with van der Waals surface area (Å²) < 4.78 is 30.6. The summed E-state index contributed by atoms with van der Waals surface area (Å²) in [6.45, 7) is 0.816. The Morgan fingerprint density at radius 1 is 0.973 bits per heavy atom. The number of carbonyl (C=O) groups excluding carboxylic acids is 2. The zero-order chi connectivity index (χ0) is 25.8. The maximum Gasteiger partial charge on any atom is 0.259 e. The van der Waals surface area contributed by atoms with Crippen LogP contribution >= 0.6 is 0 Å². The zero-order valence-electron chi connectivity index (χ0n) is 20.6. The molecule has 1 saturated carbocycles. The number of amides is 2. The highest BCUT2D eigenvalue weighted by Gasteiger charge is 2.35. The highest BCUT2D eigenvalue weighted by atomic mass is 19.1. The second-order valence-electron chi connectivity index (χ2n) is 9.18. The summed E-state index contributed by atoms with van der Waals surface area (Å²) in [5.74, 6) is 0.394. The first kappa shape index (κ1) is 24.6. The average molecular weight is 505 g/mol. The van der Waals surface area contributed by atoms with E-state index in [9.17, 15) is 14.0 Å². The van der Waals surface area contributed by atoms with Crippen LogP contribution in [0.2, 0.25) is 0 Å². The summed E-state index contributed by atoms with van der Waals surface area (Å²) in [6.07, 6.45) is 3.86. The van der Waals surface area contributed by atoms with Crippen molar-refractivity contribution in [1.82, 2.24) is 5.32 Å². The van der Waals surface area contributed by atoms with E-state index in [2.05, 4.69) is 5.32 Å². The molecule has 2 amide bonds. The van der Waals surface area contributed by atoms with E-state index in [0.717, 1.165) is 25.7 Å². The fourth-order valence-corrected chi connectivity index (χ4v) is 4.87. The molecule has 2 aliphatic rings. The third-order valence-corrected chi connectivity index (χ3v) is 6.73. The minimum atomic E-state index is -1.05. The maximum atomic E-state index is 14.2. The lowest BCUT2D eigenvalue weighted by Gasteiger charge is -2.33. The van der Waals surface area contributed by atoms with Crippen LogP contribution in [0.1, 0.15) is 47.6 Å². The summed E-state index contributed by atoms with van der Waals surface area (Å²) in [5, 5.41) is 3.12. The molecule has 1 aliphatic heterocycles. The first-order chi connectivity index (χ1) is 18.0. The van der Waals surface area contributed by atoms with E-state index in [0.29, 0.717) is 47.3 Å². The second-order valence-corrected chi connectivity index (χ2v) is 9.18. The predicted octanol–water partition coefficient (Wildman–Crippen LogP) is 5.05. The lowest BCUT2D eigenvalue weighted by Crippen LogP contribution is -2.46. The van der Waals surface area contributed by atoms with Crippen molar-refractivity contribution >= 4 is 17.5 Å². The molecular formula is C29H29FN2O5. The quantitative estimate of drug-likeness (QED) is 0.487. The number of anilines is 1. The van der Waals surface area contributed by atoms with Gasteiger partial charge in [0, 0.05) is 23.4 Å². The van der Waals surface area contributed by atoms with Crippen LogP contribution in [0, 0.1) is 5.82 Å². The van der Waals surface area contributed by atoms with Crippen LogP contribution in [0.4, 0.5) is 10.1 Å². The molecule has 0 bridgehead atoms. The lowest BCUT2D eigenvalue weighted by molar-refractivity contribution is -0.123. The largest absolute Gasteiger partial charge is 0.497 e. The minimum absolute atomic E-state index is 0.0343. The van der Waals surface area contributed by atoms with Crippen LogP contribution in [0.3, 0.4) is 0 Å². The molecule has 3 aromatic rings. The van der Waals surface area contributed by atoms with Gasteiger partial charge in [0.1, 0.15) is 30.8 Å². The van der Waals surface area contributed by atoms with Crippen molar-refractivity contribution in [3.05, 3.63) is 83.7 Å². The monoisotopic (exact) mass is 504 g/mol. The molecule has 192 valence electrons. The van der Waals surface area contributed by atoms with Gasteiger partial charge in [0.05, 0.1) is 7.11 Å². The first-order valence-corrected chi connectivity index (χ1v) is 12.5. The van der Waals surface area contributed by atoms with E-state index in [-0.39, 0.29) is 11.9 Å². The topological polar surface area (TPSA) is 77.1 Å². The highest BCUT2D eigenvalue weighted by molar-refractivity contribution is 6.10. The van der Waals surface area contributed by atoms with Gasteiger partial charge in [-0.05, 0) is 60.9 Å². The number of fused-ring (bicyclic) bond motifs is 1. The summed E-state index contributed by atoms with van der Waals surface area (Å²) in [6, 6.07) is 16.6. The highest BCUT2D eigenvalue weighted by Crippen LogP contribution is 2.35. The normalized spacial score (nSPS) is 15.6. The summed E-state index contributed by atoms with van der Waals surface area (Å²) in [7, 11) is 1.54. The number of halogens is 1. The molecule has 1 N–H and O–H groups in total. The molecule has 1 fully saturated rings. The van der Waals surface area contributed by atoms with Crippen LogP contribution in [0.5, 0.6) is 17.2 Å². The van der Waals surface area contributed by atoms with Gasteiger partial charge in [-0.2, -0.15) is 0 Å². The number of hydrogen-bond acceptors (Lipinski definition) is 5. The molecule has 1 aliphatic carbocycles. The van der Waals surface area contributed by atoms with Crippen molar-refractivity contribution in [2.75, 3.05) is 25.2 Å². The van der Waals surface area contributed by atoms with E-state index >= 15 is 0 Å². The second kappa shape index (κ2) is 10.9. The SMILES string of the molecule is COc1cccc(N(C(=O)c2ccc3c(c2)OCCO3)[C@@H](C(=O)NC2CCCC2)c2ccc(F)cc2)c1. The molecule has 37 heavy (non-hydrogen) atoms. The Morgan fingerprint density at radius 3 is 2.43 bits per heavy atom. The molecule has 3 aromatic carbocycles. The molecule has 0 aromatic heterocycles. The Morgan fingerprint density at radius 2 is 1.70 bits per heavy atom. The van der Waals surface area contributed by atoms with Crippen LogP contribution in [-0.4, -0.2) is 38.2 Å². The fourth-order valence-electron chi connectivity index (χ4n) is 4.87. The predicted molar refractivity (Wildman–Crippen MR) is 137 cm³/mol. The van der Waals surface area contributed by atoms with Gasteiger partial charge < -0.3 is 19.5 Å². The number of nitrogens with zero attached hydrogens (tertiary/aromatic N) is 1. The van der Waals surface area contributed by atoms with E-state index in [1.165, 1.54) is 24.1 Å². The molecule has 0 unspecified atom stereocenters. The van der Waals surface area contributed by atoms with E-state index < -0.39 is 17.8 Å². The van der Waals surface area contributed by atoms with E-state index in [4.69, 9.17) is 14.2 Å². The standard InChI is InChI=1S/C29H29FN2O5/c1-35-24-8-4-7-23(18-24)32(29(34)20-11-14-25-26(17-20)37-16-15-36-25)27(19-9-12-21(30)13-10-19)28(33)31-22-5-2-3-6-22/h4,7-14,17-18,22,27H,2-3,5-6,15-16H2,1H3,(H,31,33)/t27-/m1/s1. The van der Waals surface area contributed by atoms with E-state index in [1.54, 1.807) is 54.6 Å². The van der Waals surface area contributed by atoms with Crippen LogP contribution in [0.25, 0.3) is 0 Å². The van der Waals surface area contributed by atoms with Gasteiger partial charge in [0.2, 0.25) is 5.91 Å². The van der Waals surface area contributed by atoms with Gasteiger partial charge in [-0.3, -0.25) is 14.5 Å². The van der Waals surface area contributed by atoms with Gasteiger partial charge >= 0.3 is 0 Å². The molecule has 0 saturated heterocycles. The molecule has 1 heterocycles. The number of nitrogens with one attached hydrogen (secondary N) is 1. The number of hydrogen-bond donors (Lipinski definition) is 1. The summed E-state index contributed by atoms with van der Waals surface area (Å²) in [5.41, 5.74) is 1.29. The van der Waals surface area contributed by atoms with Gasteiger partial charge in [-0.15, -0.1) is 0 Å². The Kier molecular flexibility index (Phi) is 7.25. The summed E-state index contributed by atoms with van der Waals surface area (Å²) >= 11 is 0. The third-order valence-electron chi connectivity index (χ3n) is 6.73. The minimum Gasteiger partial charge on any atom is -0.497 e. The summed E-state index contributed by atoms with van der Waals surface area (Å²) in [4.78, 5) is 29.5. The molecule has 8 heteroatoms. The van der Waals surface area contributed by atoms with E-state index in [1.807, 2.05) is 0 Å². The van der Waals surface area contributed by atoms with Gasteiger partial charge in [0.25, 0.3) is 5.91 Å². The van der Waals surface area contributed by atoms with Crippen LogP contribution in [0.15, 0.2) is 66.7 Å². The van der Waals surface area contributed by atoms with Crippen molar-refractivity contribution in [2.24, 2.45) is 0 Å². The van der Waals surface area contributed by atoms with Crippen molar-refractivity contribution in [2.45, 2.75) is 37.8 Å². The van der Waals surface area contributed by atoms with Crippen LogP contribution < -0.4 is 24.4 Å². The zero-order valence-corrected chi connectivity index (χ0v) is 20.6. The Hall–Kier alpha value is -4.07. The Labute approximate surface area is 215 Å². The number of ether oxygens (including phenoxy) is 3. The molecular weight excluding hydrogens is 475 g/mol. The third kappa shape index (κ3) is 5.38. The Balaban J connectivity index is 1.61. The smallest absolute Gasteiger partial charge is 0.259 e. The van der Waals surface area contributed by atoms with Gasteiger partial charge in [-0.1, -0.05) is 31.0 Å². The first-order valence-electron chi connectivity index (χ1n) is 12.5. The number of methoxy groups -OCH3 is 1. The molecule has 0 spiro atoms. The Bertz CT molecular complexity index is 1270. The fraction of sp³-hybridized carbons (Fsp3) is 0.310. The van der Waals surface area contributed by atoms with Crippen LogP contribution in [-0.2, 0) is 4.79 Å². The number of benzene rings is 3. The number of carbonyl (C=O) groups is 2. The van der Waals surface area contributed by atoms with Crippen molar-refractivity contribution < 1.29 is 28.2 Å². The molecule has 1 atom stereocenters. The van der Waals surface area contributed by atoms with Crippen molar-refractivity contribution in [3.8, 4) is 17.2 Å². The molecule has 0 radical (unpaired) electrons. The number of rotatable bonds is 7. The molecule has 7 nitrogen and oxygen atoms in total.